The summed E-state index contributed by atoms with van der Waals surface area (Å²) in [4.78, 5) is 5.15. The molecule has 0 atom stereocenters. The van der Waals surface area contributed by atoms with Crippen molar-refractivity contribution >= 4 is 66.9 Å². The Labute approximate surface area is 265 Å². The van der Waals surface area contributed by atoms with Gasteiger partial charge in [0.05, 0.1) is 17.1 Å². The van der Waals surface area contributed by atoms with Crippen molar-refractivity contribution in [1.82, 2.24) is 0 Å². The first-order chi connectivity index (χ1) is 21.6. The largest absolute Gasteiger partial charge is 0.310 e. The average Bonchev–Trinajstić information content (AvgIpc) is 3.53. The fraction of sp³-hybridized carbons (Fsp3) is 0.150. The number of thiophene rings is 1. The first-order valence-electron chi connectivity index (χ1n) is 15.8. The fourth-order valence-electron chi connectivity index (χ4n) is 7.62. The topological polar surface area (TPSA) is 6.48 Å². The minimum Gasteiger partial charge on any atom is -0.310 e. The third-order valence-corrected chi connectivity index (χ3v) is 10.6. The van der Waals surface area contributed by atoms with Crippen LogP contribution in [0.1, 0.15) is 42.5 Å². The van der Waals surface area contributed by atoms with Crippen LogP contribution in [0, 0.1) is 6.92 Å². The number of hydrogen-bond acceptors (Lipinski definition) is 3. The number of anilines is 4. The number of allylic oxidation sites excluding steroid dienone is 5. The van der Waals surface area contributed by atoms with Crippen LogP contribution in [0.25, 0.3) is 21.4 Å². The average molecular weight is 587 g/mol. The van der Waals surface area contributed by atoms with Gasteiger partial charge in [0.15, 0.2) is 0 Å². The van der Waals surface area contributed by atoms with Gasteiger partial charge in [0.2, 0.25) is 6.71 Å². The first kappa shape index (κ1) is 27.0. The standard InChI is InChI=1S/C40H35BN2S/c1-5-14-28(15-6-2)42-34-24-26(3)25-35-32(34)22-23-41(37-27(4)30-18-10-11-19-31(30)38(37)42)40-39(33-20-12-13-21-36(33)44-40)43(35)29-16-8-7-9-17-29/h5,7-21,24-25H,4,6,22-23H2,1-3H3/b14-5-,28-15+. The quantitative estimate of drug-likeness (QED) is 0.153. The fourth-order valence-corrected chi connectivity index (χ4v) is 8.95. The van der Waals surface area contributed by atoms with E-state index >= 15 is 0 Å². The van der Waals surface area contributed by atoms with E-state index in [-0.39, 0.29) is 6.71 Å². The first-order valence-corrected chi connectivity index (χ1v) is 16.6. The maximum absolute atomic E-state index is 4.83. The van der Waals surface area contributed by atoms with Crippen LogP contribution in [0.5, 0.6) is 0 Å². The van der Waals surface area contributed by atoms with Crippen LogP contribution >= 0.6 is 11.3 Å². The molecule has 0 saturated carbocycles. The van der Waals surface area contributed by atoms with Gasteiger partial charge in [0, 0.05) is 37.5 Å². The molecule has 3 aliphatic rings. The van der Waals surface area contributed by atoms with Gasteiger partial charge in [-0.15, -0.1) is 11.3 Å². The molecule has 0 amide bonds. The molecule has 0 radical (unpaired) electrons. The monoisotopic (exact) mass is 586 g/mol. The molecule has 2 nitrogen and oxygen atoms in total. The highest BCUT2D eigenvalue weighted by atomic mass is 32.1. The molecule has 0 fully saturated rings. The van der Waals surface area contributed by atoms with E-state index in [0.717, 1.165) is 24.7 Å². The van der Waals surface area contributed by atoms with E-state index in [1.54, 1.807) is 0 Å². The zero-order valence-electron chi connectivity index (χ0n) is 25.6. The lowest BCUT2D eigenvalue weighted by molar-refractivity contribution is 1.05. The Balaban J connectivity index is 1.58. The normalized spacial score (nSPS) is 15.8. The molecule has 2 bridgehead atoms. The Kier molecular flexibility index (Phi) is 6.50. The molecule has 0 unspecified atom stereocenters. The highest BCUT2D eigenvalue weighted by Crippen LogP contribution is 2.54. The maximum Gasteiger partial charge on any atom is 0.229 e. The molecular weight excluding hydrogens is 551 g/mol. The molecule has 5 aromatic rings. The SMILES string of the molecule is C=C1C2=C(c3ccccc31)N(C(/C=C\C)=C/CC)c1cc(C)cc3c1CCB2c1sc2ccccc2c1N3c1ccccc1. The number of fused-ring (bicyclic) bond motifs is 9. The molecular formula is C40H35BN2S. The van der Waals surface area contributed by atoms with E-state index in [1.165, 1.54) is 76.7 Å². The van der Waals surface area contributed by atoms with E-state index in [1.807, 2.05) is 11.3 Å². The molecule has 8 rings (SSSR count). The van der Waals surface area contributed by atoms with E-state index in [0.29, 0.717) is 0 Å². The summed E-state index contributed by atoms with van der Waals surface area (Å²) in [5, 5.41) is 1.32. The van der Waals surface area contributed by atoms with Gasteiger partial charge >= 0.3 is 0 Å². The number of aryl methyl sites for hydroxylation is 1. The van der Waals surface area contributed by atoms with Crippen LogP contribution in [0.3, 0.4) is 0 Å². The maximum atomic E-state index is 4.83. The van der Waals surface area contributed by atoms with Crippen molar-refractivity contribution in [2.75, 3.05) is 9.80 Å². The van der Waals surface area contributed by atoms with Crippen molar-refractivity contribution in [3.05, 3.63) is 149 Å². The number of hydrogen-bond donors (Lipinski definition) is 0. The highest BCUT2D eigenvalue weighted by molar-refractivity contribution is 7.31. The second-order valence-corrected chi connectivity index (χ2v) is 13.1. The zero-order chi connectivity index (χ0) is 29.9. The van der Waals surface area contributed by atoms with Crippen molar-refractivity contribution in [2.45, 2.75) is 39.9 Å². The number of nitrogens with zero attached hydrogens (tertiary/aromatic N) is 2. The molecule has 1 aliphatic carbocycles. The third kappa shape index (κ3) is 3.94. The molecule has 214 valence electrons. The number of benzene rings is 4. The summed E-state index contributed by atoms with van der Waals surface area (Å²) in [5.41, 5.74) is 15.3. The van der Waals surface area contributed by atoms with Gasteiger partial charge in [-0.3, -0.25) is 0 Å². The van der Waals surface area contributed by atoms with Gasteiger partial charge < -0.3 is 9.80 Å². The Hall–Kier alpha value is -4.54. The van der Waals surface area contributed by atoms with Crippen LogP contribution in [0.2, 0.25) is 6.32 Å². The Morgan fingerprint density at radius 1 is 0.932 bits per heavy atom. The summed E-state index contributed by atoms with van der Waals surface area (Å²) in [6.45, 7) is 11.7. The molecule has 2 aliphatic heterocycles. The smallest absolute Gasteiger partial charge is 0.229 e. The minimum atomic E-state index is 0.210. The predicted octanol–water partition coefficient (Wildman–Crippen LogP) is 10.6. The Bertz CT molecular complexity index is 2060. The van der Waals surface area contributed by atoms with E-state index in [2.05, 4.69) is 140 Å². The summed E-state index contributed by atoms with van der Waals surface area (Å²) >= 11 is 1.96. The Morgan fingerprint density at radius 3 is 2.45 bits per heavy atom. The molecule has 4 aromatic carbocycles. The van der Waals surface area contributed by atoms with Crippen LogP contribution in [-0.2, 0) is 6.42 Å². The molecule has 1 aromatic heterocycles. The lowest BCUT2D eigenvalue weighted by Crippen LogP contribution is -2.39. The van der Waals surface area contributed by atoms with Crippen molar-refractivity contribution in [3.63, 3.8) is 0 Å². The summed E-state index contributed by atoms with van der Waals surface area (Å²) < 4.78 is 2.76. The van der Waals surface area contributed by atoms with Gasteiger partial charge in [-0.25, -0.2) is 0 Å². The van der Waals surface area contributed by atoms with Gasteiger partial charge in [0.1, 0.15) is 0 Å². The van der Waals surface area contributed by atoms with Crippen molar-refractivity contribution in [2.24, 2.45) is 0 Å². The summed E-state index contributed by atoms with van der Waals surface area (Å²) in [5.74, 6) is 0. The van der Waals surface area contributed by atoms with Crippen molar-refractivity contribution < 1.29 is 0 Å². The van der Waals surface area contributed by atoms with Crippen LogP contribution < -0.4 is 14.6 Å². The van der Waals surface area contributed by atoms with Gasteiger partial charge in [0.25, 0.3) is 0 Å². The summed E-state index contributed by atoms with van der Waals surface area (Å²) in [7, 11) is 0. The number of rotatable bonds is 4. The lowest BCUT2D eigenvalue weighted by atomic mass is 9.38. The van der Waals surface area contributed by atoms with Crippen LogP contribution in [0.4, 0.5) is 22.7 Å². The zero-order valence-corrected chi connectivity index (χ0v) is 26.4. The second kappa shape index (κ2) is 10.6. The molecule has 3 heterocycles. The molecule has 0 spiro atoms. The summed E-state index contributed by atoms with van der Waals surface area (Å²) in [6.07, 6.45) is 9.82. The molecule has 44 heavy (non-hydrogen) atoms. The van der Waals surface area contributed by atoms with Crippen molar-refractivity contribution in [1.29, 1.82) is 0 Å². The molecule has 0 saturated heterocycles. The third-order valence-electron chi connectivity index (χ3n) is 9.33. The van der Waals surface area contributed by atoms with Gasteiger partial charge in [-0.05, 0) is 90.8 Å². The van der Waals surface area contributed by atoms with Gasteiger partial charge in [-0.2, -0.15) is 0 Å². The van der Waals surface area contributed by atoms with Crippen LogP contribution in [0.15, 0.2) is 127 Å². The Morgan fingerprint density at radius 2 is 1.66 bits per heavy atom. The lowest BCUT2D eigenvalue weighted by Gasteiger charge is -2.39. The highest BCUT2D eigenvalue weighted by Gasteiger charge is 2.43. The second-order valence-electron chi connectivity index (χ2n) is 12.0. The molecule has 4 heteroatoms. The minimum absolute atomic E-state index is 0.210. The summed E-state index contributed by atoms with van der Waals surface area (Å²) in [6, 6.07) is 33.7. The van der Waals surface area contributed by atoms with E-state index in [4.69, 9.17) is 6.58 Å². The predicted molar refractivity (Wildman–Crippen MR) is 193 cm³/mol. The van der Waals surface area contributed by atoms with E-state index in [9.17, 15) is 0 Å². The molecule has 0 N–H and O–H groups in total. The van der Waals surface area contributed by atoms with Gasteiger partial charge in [-0.1, -0.05) is 92.6 Å². The van der Waals surface area contributed by atoms with Crippen molar-refractivity contribution in [3.8, 4) is 0 Å². The van der Waals surface area contributed by atoms with E-state index < -0.39 is 0 Å². The number of para-hydroxylation sites is 1. The van der Waals surface area contributed by atoms with Crippen LogP contribution in [-0.4, -0.2) is 6.71 Å².